The largest absolute Gasteiger partial charge is 0.256 e. The Hall–Kier alpha value is -4.27. The van der Waals surface area contributed by atoms with E-state index in [1.807, 2.05) is 17.5 Å². The van der Waals surface area contributed by atoms with Crippen molar-refractivity contribution in [2.45, 2.75) is 26.7 Å². The van der Waals surface area contributed by atoms with Crippen LogP contribution in [0.15, 0.2) is 115 Å². The fourth-order valence-corrected chi connectivity index (χ4v) is 7.03. The van der Waals surface area contributed by atoms with Gasteiger partial charge in [-0.25, -0.2) is 0 Å². The number of pyridine rings is 1. The fourth-order valence-electron chi connectivity index (χ4n) is 5.85. The van der Waals surface area contributed by atoms with Crippen LogP contribution in [-0.4, -0.2) is 4.98 Å². The number of aromatic nitrogens is 1. The zero-order valence-corrected chi connectivity index (χ0v) is 23.2. The molecule has 2 heterocycles. The SMILES string of the molecule is Cc1cc(C(C)C)c2ccc3c(-c4cc(-c5ccccc5)c5sc(-c6ccccc6)cc5c4)nccc3c2c1. The molecule has 0 spiro atoms. The number of rotatable bonds is 4. The van der Waals surface area contributed by atoms with E-state index in [0.29, 0.717) is 5.92 Å². The van der Waals surface area contributed by atoms with Crippen LogP contribution in [0.4, 0.5) is 0 Å². The van der Waals surface area contributed by atoms with Gasteiger partial charge in [0, 0.05) is 32.3 Å². The number of benzene rings is 5. The van der Waals surface area contributed by atoms with Crippen molar-refractivity contribution in [3.63, 3.8) is 0 Å². The summed E-state index contributed by atoms with van der Waals surface area (Å²) < 4.78 is 1.31. The second-order valence-electron chi connectivity index (χ2n) is 10.7. The predicted octanol–water partition coefficient (Wildman–Crippen LogP) is 11.0. The molecule has 0 saturated heterocycles. The molecule has 0 aliphatic rings. The van der Waals surface area contributed by atoms with Crippen molar-refractivity contribution in [1.82, 2.24) is 4.98 Å². The van der Waals surface area contributed by atoms with Crippen LogP contribution in [0.5, 0.6) is 0 Å². The summed E-state index contributed by atoms with van der Waals surface area (Å²) in [6, 6.07) is 39.8. The fraction of sp³-hybridized carbons (Fsp3) is 0.108. The molecule has 1 nitrogen and oxygen atoms in total. The summed E-state index contributed by atoms with van der Waals surface area (Å²) in [5.41, 5.74) is 8.64. The maximum absolute atomic E-state index is 4.97. The van der Waals surface area contributed by atoms with Crippen molar-refractivity contribution >= 4 is 43.0 Å². The molecule has 0 unspecified atom stereocenters. The lowest BCUT2D eigenvalue weighted by molar-refractivity contribution is 0.875. The zero-order valence-electron chi connectivity index (χ0n) is 22.4. The molecule has 2 aromatic heterocycles. The normalized spacial score (nSPS) is 11.7. The van der Waals surface area contributed by atoms with Crippen molar-refractivity contribution in [1.29, 1.82) is 0 Å². The Morgan fingerprint density at radius 1 is 0.615 bits per heavy atom. The molecule has 5 aromatic carbocycles. The van der Waals surface area contributed by atoms with E-state index in [1.54, 1.807) is 0 Å². The Morgan fingerprint density at radius 3 is 2.08 bits per heavy atom. The maximum Gasteiger partial charge on any atom is 0.0780 e. The van der Waals surface area contributed by atoms with Crippen molar-refractivity contribution in [2.24, 2.45) is 0 Å². The van der Waals surface area contributed by atoms with E-state index in [4.69, 9.17) is 4.98 Å². The predicted molar refractivity (Wildman–Crippen MR) is 170 cm³/mol. The van der Waals surface area contributed by atoms with Crippen LogP contribution < -0.4 is 0 Å². The van der Waals surface area contributed by atoms with Crippen LogP contribution in [-0.2, 0) is 0 Å². The van der Waals surface area contributed by atoms with Gasteiger partial charge in [-0.2, -0.15) is 0 Å². The minimum atomic E-state index is 0.472. The Kier molecular flexibility index (Phi) is 5.79. The molecule has 7 aromatic rings. The molecule has 0 saturated carbocycles. The number of nitrogens with zero attached hydrogens (tertiary/aromatic N) is 1. The highest BCUT2D eigenvalue weighted by Crippen LogP contribution is 2.43. The zero-order chi connectivity index (χ0) is 26.5. The van der Waals surface area contributed by atoms with E-state index in [-0.39, 0.29) is 0 Å². The van der Waals surface area contributed by atoms with E-state index < -0.39 is 0 Å². The Balaban J connectivity index is 1.50. The van der Waals surface area contributed by atoms with E-state index in [0.717, 1.165) is 11.3 Å². The van der Waals surface area contributed by atoms with E-state index in [9.17, 15) is 0 Å². The summed E-state index contributed by atoms with van der Waals surface area (Å²) in [6.45, 7) is 6.76. The van der Waals surface area contributed by atoms with E-state index in [2.05, 4.69) is 130 Å². The topological polar surface area (TPSA) is 12.9 Å². The molecule has 0 N–H and O–H groups in total. The first-order valence-electron chi connectivity index (χ1n) is 13.6. The molecule has 7 rings (SSSR count). The molecule has 0 fully saturated rings. The summed E-state index contributed by atoms with van der Waals surface area (Å²) >= 11 is 1.87. The highest BCUT2D eigenvalue weighted by molar-refractivity contribution is 7.22. The van der Waals surface area contributed by atoms with Crippen LogP contribution in [0.3, 0.4) is 0 Å². The lowest BCUT2D eigenvalue weighted by atomic mass is 9.90. The quantitative estimate of drug-likeness (QED) is 0.211. The molecule has 188 valence electrons. The van der Waals surface area contributed by atoms with Crippen molar-refractivity contribution in [3.05, 3.63) is 127 Å². The summed E-state index contributed by atoms with van der Waals surface area (Å²) in [7, 11) is 0. The first-order valence-corrected chi connectivity index (χ1v) is 14.4. The van der Waals surface area contributed by atoms with Crippen LogP contribution in [0, 0.1) is 6.92 Å². The molecule has 2 heteroatoms. The molecular formula is C37H29NS. The van der Waals surface area contributed by atoms with Gasteiger partial charge in [0.1, 0.15) is 0 Å². The molecule has 39 heavy (non-hydrogen) atoms. The number of fused-ring (bicyclic) bond motifs is 4. The number of hydrogen-bond acceptors (Lipinski definition) is 2. The number of hydrogen-bond donors (Lipinski definition) is 0. The van der Waals surface area contributed by atoms with Gasteiger partial charge in [-0.05, 0) is 75.3 Å². The Bertz CT molecular complexity index is 1980. The van der Waals surface area contributed by atoms with Gasteiger partial charge in [-0.3, -0.25) is 4.98 Å². The molecular weight excluding hydrogens is 490 g/mol. The maximum atomic E-state index is 4.97. The average molecular weight is 520 g/mol. The second kappa shape index (κ2) is 9.48. The first-order chi connectivity index (χ1) is 19.1. The highest BCUT2D eigenvalue weighted by Gasteiger charge is 2.16. The highest BCUT2D eigenvalue weighted by atomic mass is 32.1. The molecule has 0 aliphatic carbocycles. The van der Waals surface area contributed by atoms with Gasteiger partial charge in [0.05, 0.1) is 5.69 Å². The van der Waals surface area contributed by atoms with Gasteiger partial charge in [-0.15, -0.1) is 11.3 Å². The third-order valence-electron chi connectivity index (χ3n) is 7.71. The number of thiophene rings is 1. The van der Waals surface area contributed by atoms with Crippen molar-refractivity contribution in [2.75, 3.05) is 0 Å². The van der Waals surface area contributed by atoms with Gasteiger partial charge >= 0.3 is 0 Å². The number of aryl methyl sites for hydroxylation is 1. The van der Waals surface area contributed by atoms with Crippen LogP contribution in [0.1, 0.15) is 30.9 Å². The smallest absolute Gasteiger partial charge is 0.0780 e. The van der Waals surface area contributed by atoms with Crippen molar-refractivity contribution < 1.29 is 0 Å². The minimum absolute atomic E-state index is 0.472. The van der Waals surface area contributed by atoms with E-state index in [1.165, 1.54) is 64.3 Å². The van der Waals surface area contributed by atoms with Crippen LogP contribution in [0.25, 0.3) is 64.5 Å². The molecule has 0 radical (unpaired) electrons. The molecule has 0 aliphatic heterocycles. The summed E-state index contributed by atoms with van der Waals surface area (Å²) in [6.07, 6.45) is 1.98. The Morgan fingerprint density at radius 2 is 1.33 bits per heavy atom. The molecule has 0 amide bonds. The van der Waals surface area contributed by atoms with Crippen LogP contribution >= 0.6 is 11.3 Å². The van der Waals surface area contributed by atoms with Gasteiger partial charge in [0.25, 0.3) is 0 Å². The summed E-state index contributed by atoms with van der Waals surface area (Å²) in [5, 5.41) is 6.37. The molecule has 0 bridgehead atoms. The van der Waals surface area contributed by atoms with Crippen LogP contribution in [0.2, 0.25) is 0 Å². The van der Waals surface area contributed by atoms with E-state index >= 15 is 0 Å². The third-order valence-corrected chi connectivity index (χ3v) is 8.94. The standard InChI is InChI=1S/C37H29NS/c1-23(2)32-18-24(3)19-34-29(32)14-15-31-30(34)16-17-38-36(31)27-20-28-22-35(26-12-8-5-9-13-26)39-37(28)33(21-27)25-10-6-4-7-11-25/h4-23H,1-3H3. The van der Waals surface area contributed by atoms with Gasteiger partial charge in [0.2, 0.25) is 0 Å². The Labute approximate surface area is 233 Å². The second-order valence-corrected chi connectivity index (χ2v) is 11.8. The van der Waals surface area contributed by atoms with Gasteiger partial charge < -0.3 is 0 Å². The van der Waals surface area contributed by atoms with Crippen molar-refractivity contribution in [3.8, 4) is 32.8 Å². The summed E-state index contributed by atoms with van der Waals surface area (Å²) in [5.74, 6) is 0.472. The van der Waals surface area contributed by atoms with Gasteiger partial charge in [-0.1, -0.05) is 104 Å². The minimum Gasteiger partial charge on any atom is -0.256 e. The lowest BCUT2D eigenvalue weighted by Crippen LogP contribution is -1.93. The average Bonchev–Trinajstić information content (AvgIpc) is 3.41. The monoisotopic (exact) mass is 519 g/mol. The molecule has 0 atom stereocenters. The third kappa shape index (κ3) is 4.13. The first kappa shape index (κ1) is 23.8. The summed E-state index contributed by atoms with van der Waals surface area (Å²) in [4.78, 5) is 6.26. The lowest BCUT2D eigenvalue weighted by Gasteiger charge is -2.15. The van der Waals surface area contributed by atoms with Gasteiger partial charge in [0.15, 0.2) is 0 Å².